The number of aryl methyl sites for hydroxylation is 2. The Kier molecular flexibility index (Phi) is 9.89. The number of carbonyl (C=O) groups is 2. The van der Waals surface area contributed by atoms with Crippen LogP contribution in [0, 0.1) is 18.8 Å². The topological polar surface area (TPSA) is 74.6 Å². The van der Waals surface area contributed by atoms with Crippen molar-refractivity contribution < 1.29 is 19.8 Å². The first-order valence-corrected chi connectivity index (χ1v) is 11.8. The molecule has 0 saturated heterocycles. The van der Waals surface area contributed by atoms with Gasteiger partial charge in [0.25, 0.3) is 0 Å². The number of aliphatic hydroxyl groups excluding tert-OH is 1. The number of carboxylic acid groups (broad SMARTS) is 1. The van der Waals surface area contributed by atoms with Gasteiger partial charge in [0.1, 0.15) is 0 Å². The van der Waals surface area contributed by atoms with Gasteiger partial charge in [-0.15, -0.1) is 11.3 Å². The molecule has 1 heterocycles. The van der Waals surface area contributed by atoms with Gasteiger partial charge < -0.3 is 10.2 Å². The van der Waals surface area contributed by atoms with Crippen molar-refractivity contribution in [2.45, 2.75) is 77.2 Å². The number of rotatable bonds is 12. The van der Waals surface area contributed by atoms with Gasteiger partial charge in [0.2, 0.25) is 0 Å². The minimum atomic E-state index is -0.733. The van der Waals surface area contributed by atoms with Crippen molar-refractivity contribution in [3.63, 3.8) is 0 Å². The Labute approximate surface area is 180 Å². The maximum absolute atomic E-state index is 12.2. The number of carbonyl (C=O) groups excluding carboxylic acids is 1. The minimum absolute atomic E-state index is 0.149. The molecule has 0 aliphatic heterocycles. The van der Waals surface area contributed by atoms with Crippen LogP contribution in [-0.4, -0.2) is 28.1 Å². The molecule has 28 heavy (non-hydrogen) atoms. The third-order valence-electron chi connectivity index (χ3n) is 5.57. The first kappa shape index (κ1) is 23.3. The maximum atomic E-state index is 12.2. The summed E-state index contributed by atoms with van der Waals surface area (Å²) in [7, 11) is 0. The Hall–Kier alpha value is -0.980. The fourth-order valence-electron chi connectivity index (χ4n) is 3.93. The Morgan fingerprint density at radius 1 is 1.21 bits per heavy atom. The van der Waals surface area contributed by atoms with E-state index in [1.165, 1.54) is 9.75 Å². The summed E-state index contributed by atoms with van der Waals surface area (Å²) in [5.41, 5.74) is 0. The molecule has 1 saturated carbocycles. The zero-order valence-electron chi connectivity index (χ0n) is 16.5. The number of ketones is 1. The highest BCUT2D eigenvalue weighted by Gasteiger charge is 2.32. The molecule has 6 heteroatoms. The minimum Gasteiger partial charge on any atom is -0.481 e. The van der Waals surface area contributed by atoms with E-state index in [9.17, 15) is 14.7 Å². The predicted molar refractivity (Wildman–Crippen MR) is 117 cm³/mol. The quantitative estimate of drug-likeness (QED) is 0.303. The second kappa shape index (κ2) is 11.9. The molecule has 1 fully saturated rings. The number of aliphatic hydroxyl groups is 1. The molecule has 0 bridgehead atoms. The lowest BCUT2D eigenvalue weighted by Crippen LogP contribution is -2.18. The Morgan fingerprint density at radius 3 is 2.64 bits per heavy atom. The summed E-state index contributed by atoms with van der Waals surface area (Å²) in [4.78, 5) is 25.2. The fraction of sp³-hybridized carbons (Fsp3) is 0.636. The summed E-state index contributed by atoms with van der Waals surface area (Å²) in [5, 5.41) is 18.9. The third kappa shape index (κ3) is 7.80. The summed E-state index contributed by atoms with van der Waals surface area (Å²) < 4.78 is 1.11. The van der Waals surface area contributed by atoms with Gasteiger partial charge in [0.05, 0.1) is 6.10 Å². The van der Waals surface area contributed by atoms with E-state index in [2.05, 4.69) is 28.9 Å². The van der Waals surface area contributed by atoms with Crippen molar-refractivity contribution >= 4 is 39.0 Å². The van der Waals surface area contributed by atoms with Crippen LogP contribution in [0.4, 0.5) is 0 Å². The number of thiophene rings is 1. The molecule has 0 spiro atoms. The van der Waals surface area contributed by atoms with Gasteiger partial charge in [0.15, 0.2) is 5.78 Å². The van der Waals surface area contributed by atoms with E-state index in [1.807, 2.05) is 6.08 Å². The molecular weight excluding hydrogens is 440 g/mol. The number of hydrogen-bond donors (Lipinski definition) is 2. The zero-order valence-corrected chi connectivity index (χ0v) is 18.9. The average molecular weight is 471 g/mol. The van der Waals surface area contributed by atoms with Crippen molar-refractivity contribution in [2.75, 3.05) is 0 Å². The van der Waals surface area contributed by atoms with Crippen LogP contribution in [0.1, 0.15) is 67.5 Å². The second-order valence-corrected chi connectivity index (χ2v) is 9.96. The Morgan fingerprint density at radius 2 is 1.96 bits per heavy atom. The van der Waals surface area contributed by atoms with Gasteiger partial charge >= 0.3 is 5.97 Å². The lowest BCUT2D eigenvalue weighted by Gasteiger charge is -2.19. The van der Waals surface area contributed by atoms with Gasteiger partial charge in [-0.1, -0.05) is 25.3 Å². The van der Waals surface area contributed by atoms with Crippen molar-refractivity contribution in [3.05, 3.63) is 32.4 Å². The summed E-state index contributed by atoms with van der Waals surface area (Å²) in [6.45, 7) is 2.07. The van der Waals surface area contributed by atoms with E-state index in [1.54, 1.807) is 17.4 Å². The molecule has 3 atom stereocenters. The molecule has 1 aromatic rings. The smallest absolute Gasteiger partial charge is 0.303 e. The molecule has 2 rings (SSSR count). The number of hydrogen-bond acceptors (Lipinski definition) is 4. The largest absolute Gasteiger partial charge is 0.481 e. The summed E-state index contributed by atoms with van der Waals surface area (Å²) >= 11 is 5.24. The molecule has 0 amide bonds. The molecule has 2 N–H and O–H groups in total. The van der Waals surface area contributed by atoms with Crippen molar-refractivity contribution in [3.8, 4) is 0 Å². The van der Waals surface area contributed by atoms with Crippen LogP contribution < -0.4 is 0 Å². The van der Waals surface area contributed by atoms with E-state index >= 15 is 0 Å². The number of allylic oxidation sites excluding steroid dienone is 2. The van der Waals surface area contributed by atoms with Crippen LogP contribution in [0.2, 0.25) is 0 Å². The van der Waals surface area contributed by atoms with E-state index in [-0.39, 0.29) is 30.1 Å². The van der Waals surface area contributed by atoms with Crippen LogP contribution in [0.3, 0.4) is 0 Å². The van der Waals surface area contributed by atoms with E-state index in [4.69, 9.17) is 5.11 Å². The van der Waals surface area contributed by atoms with Crippen LogP contribution >= 0.6 is 27.3 Å². The van der Waals surface area contributed by atoms with Gasteiger partial charge in [0, 0.05) is 27.1 Å². The van der Waals surface area contributed by atoms with Gasteiger partial charge in [-0.05, 0) is 78.9 Å². The van der Waals surface area contributed by atoms with Crippen molar-refractivity contribution in [1.82, 2.24) is 0 Å². The monoisotopic (exact) mass is 470 g/mol. The molecule has 156 valence electrons. The normalized spacial score (nSPS) is 22.2. The number of halogens is 1. The van der Waals surface area contributed by atoms with Crippen LogP contribution in [0.5, 0.6) is 0 Å². The van der Waals surface area contributed by atoms with E-state index in [0.29, 0.717) is 6.42 Å². The van der Waals surface area contributed by atoms with E-state index < -0.39 is 5.97 Å². The van der Waals surface area contributed by atoms with E-state index in [0.717, 1.165) is 55.8 Å². The van der Waals surface area contributed by atoms with Crippen LogP contribution in [-0.2, 0) is 16.0 Å². The lowest BCUT2D eigenvalue weighted by atomic mass is 9.88. The van der Waals surface area contributed by atoms with Gasteiger partial charge in [-0.3, -0.25) is 9.59 Å². The molecule has 4 nitrogen and oxygen atoms in total. The van der Waals surface area contributed by atoms with Gasteiger partial charge in [-0.25, -0.2) is 0 Å². The van der Waals surface area contributed by atoms with Crippen LogP contribution in [0.15, 0.2) is 22.7 Å². The Balaban J connectivity index is 1.72. The SMILES string of the molecule is Cc1sc(CCC(=O)/C=C/[C@H]2CCC(O)[C@@H]2CCCCCCC(=O)O)cc1Br. The Bertz CT molecular complexity index is 663. The van der Waals surface area contributed by atoms with Crippen molar-refractivity contribution in [1.29, 1.82) is 0 Å². The fourth-order valence-corrected chi connectivity index (χ4v) is 5.53. The maximum Gasteiger partial charge on any atom is 0.303 e. The van der Waals surface area contributed by atoms with Crippen LogP contribution in [0.25, 0.3) is 0 Å². The molecule has 0 radical (unpaired) electrons. The first-order chi connectivity index (χ1) is 13.4. The predicted octanol–water partition coefficient (Wildman–Crippen LogP) is 5.69. The summed E-state index contributed by atoms with van der Waals surface area (Å²) in [6.07, 6.45) is 11.3. The molecule has 1 aromatic heterocycles. The third-order valence-corrected chi connectivity index (χ3v) is 7.77. The summed E-state index contributed by atoms with van der Waals surface area (Å²) in [6, 6.07) is 2.09. The average Bonchev–Trinajstić information content (AvgIpc) is 3.16. The second-order valence-electron chi connectivity index (χ2n) is 7.76. The number of aliphatic carboxylic acids is 1. The molecular formula is C22H31BrO4S. The van der Waals surface area contributed by atoms with Crippen molar-refractivity contribution in [2.24, 2.45) is 11.8 Å². The molecule has 0 aromatic carbocycles. The number of unbranched alkanes of at least 4 members (excludes halogenated alkanes) is 3. The highest BCUT2D eigenvalue weighted by molar-refractivity contribution is 9.10. The lowest BCUT2D eigenvalue weighted by molar-refractivity contribution is -0.137. The zero-order chi connectivity index (χ0) is 20.5. The number of carboxylic acids is 1. The highest BCUT2D eigenvalue weighted by Crippen LogP contribution is 2.37. The summed E-state index contributed by atoms with van der Waals surface area (Å²) in [5.74, 6) is -0.0885. The molecule has 1 aliphatic rings. The van der Waals surface area contributed by atoms with Gasteiger partial charge in [-0.2, -0.15) is 0 Å². The highest BCUT2D eigenvalue weighted by atomic mass is 79.9. The molecule has 1 aliphatic carbocycles. The molecule has 1 unspecified atom stereocenters. The first-order valence-electron chi connectivity index (χ1n) is 10.2. The standard InChI is InChI=1S/C22H31BrO4S/c1-15-20(23)14-18(28-15)12-11-17(24)10-8-16-9-13-21(25)19(16)6-4-2-3-5-7-22(26)27/h8,10,14,16,19,21,25H,2-7,9,11-13H2,1H3,(H,26,27)/b10-8+/t16-,19+,21?/m0/s1.